The minimum atomic E-state index is -4.20. The number of nitro benzene ring substituents is 1. The van der Waals surface area contributed by atoms with Crippen LogP contribution in [-0.4, -0.2) is 23.6 Å². The van der Waals surface area contributed by atoms with E-state index in [1.807, 2.05) is 0 Å². The maximum Gasteiger partial charge on any atom is 0.389 e. The fraction of sp³-hybridized carbons (Fsp3) is 0.417. The molecule has 0 atom stereocenters. The number of halogens is 3. The first kappa shape index (κ1) is 16.7. The SMILES string of the molecule is Nc1cc(C(=O)NCCCCC(F)(F)F)ccc1[N+](=O)[O-]. The highest BCUT2D eigenvalue weighted by Gasteiger charge is 2.25. The number of nitro groups is 1. The highest BCUT2D eigenvalue weighted by atomic mass is 19.4. The summed E-state index contributed by atoms with van der Waals surface area (Å²) < 4.78 is 35.7. The molecule has 1 aromatic carbocycles. The van der Waals surface area contributed by atoms with Crippen LogP contribution in [0.25, 0.3) is 0 Å². The number of hydrogen-bond acceptors (Lipinski definition) is 4. The average Bonchev–Trinajstić information content (AvgIpc) is 2.36. The highest BCUT2D eigenvalue weighted by molar-refractivity contribution is 5.95. The third-order valence-electron chi connectivity index (χ3n) is 2.66. The van der Waals surface area contributed by atoms with Gasteiger partial charge in [-0.3, -0.25) is 14.9 Å². The number of carbonyl (C=O) groups is 1. The Bertz CT molecular complexity index is 532. The van der Waals surface area contributed by atoms with Crippen molar-refractivity contribution in [3.63, 3.8) is 0 Å². The second kappa shape index (κ2) is 6.91. The van der Waals surface area contributed by atoms with Crippen molar-refractivity contribution in [2.24, 2.45) is 0 Å². The first-order valence-corrected chi connectivity index (χ1v) is 6.09. The summed E-state index contributed by atoms with van der Waals surface area (Å²) in [6, 6.07) is 3.50. The standard InChI is InChI=1S/C12H14F3N3O3/c13-12(14,15)5-1-2-6-17-11(19)8-3-4-10(18(20)21)9(16)7-8/h3-4,7H,1-2,5-6,16H2,(H,17,19). The average molecular weight is 305 g/mol. The van der Waals surface area contributed by atoms with Gasteiger partial charge in [0, 0.05) is 24.6 Å². The van der Waals surface area contributed by atoms with Crippen LogP contribution in [0.2, 0.25) is 0 Å². The molecule has 0 aromatic heterocycles. The van der Waals surface area contributed by atoms with Gasteiger partial charge in [0.15, 0.2) is 0 Å². The number of nitrogens with zero attached hydrogens (tertiary/aromatic N) is 1. The molecule has 6 nitrogen and oxygen atoms in total. The van der Waals surface area contributed by atoms with Crippen LogP contribution in [0.3, 0.4) is 0 Å². The molecule has 0 spiro atoms. The van der Waals surface area contributed by atoms with Gasteiger partial charge in [0.05, 0.1) is 4.92 Å². The van der Waals surface area contributed by atoms with E-state index in [4.69, 9.17) is 5.73 Å². The molecular formula is C12H14F3N3O3. The smallest absolute Gasteiger partial charge is 0.389 e. The largest absolute Gasteiger partial charge is 0.393 e. The van der Waals surface area contributed by atoms with Gasteiger partial charge < -0.3 is 11.1 Å². The number of nitrogen functional groups attached to an aromatic ring is 1. The monoisotopic (exact) mass is 305 g/mol. The fourth-order valence-electron chi connectivity index (χ4n) is 1.62. The predicted octanol–water partition coefficient (Wildman–Crippen LogP) is 2.64. The zero-order valence-electron chi connectivity index (χ0n) is 10.9. The number of amides is 1. The third kappa shape index (κ3) is 5.67. The van der Waals surface area contributed by atoms with Crippen LogP contribution in [0.1, 0.15) is 29.6 Å². The molecule has 0 aliphatic rings. The third-order valence-corrected chi connectivity index (χ3v) is 2.66. The number of alkyl halides is 3. The molecule has 0 aliphatic heterocycles. The number of anilines is 1. The fourth-order valence-corrected chi connectivity index (χ4v) is 1.62. The lowest BCUT2D eigenvalue weighted by Crippen LogP contribution is -2.24. The minimum absolute atomic E-state index is 0.0772. The van der Waals surface area contributed by atoms with Crippen LogP contribution in [-0.2, 0) is 0 Å². The van der Waals surface area contributed by atoms with Gasteiger partial charge in [0.2, 0.25) is 0 Å². The predicted molar refractivity (Wildman–Crippen MR) is 69.7 cm³/mol. The van der Waals surface area contributed by atoms with E-state index in [-0.39, 0.29) is 36.3 Å². The van der Waals surface area contributed by atoms with Crippen molar-refractivity contribution in [1.29, 1.82) is 0 Å². The second-order valence-electron chi connectivity index (χ2n) is 4.36. The van der Waals surface area contributed by atoms with Crippen molar-refractivity contribution < 1.29 is 22.9 Å². The summed E-state index contributed by atoms with van der Waals surface area (Å²) in [6.07, 6.45) is -4.98. The van der Waals surface area contributed by atoms with Crippen molar-refractivity contribution in [3.05, 3.63) is 33.9 Å². The molecule has 0 heterocycles. The van der Waals surface area contributed by atoms with E-state index >= 15 is 0 Å². The molecule has 0 saturated carbocycles. The summed E-state index contributed by atoms with van der Waals surface area (Å²) in [6.45, 7) is 0.0891. The summed E-state index contributed by atoms with van der Waals surface area (Å²) in [5.41, 5.74) is 5.10. The van der Waals surface area contributed by atoms with Gasteiger partial charge in [0.25, 0.3) is 11.6 Å². The molecule has 0 saturated heterocycles. The van der Waals surface area contributed by atoms with Crippen molar-refractivity contribution in [3.8, 4) is 0 Å². The number of nitrogens with two attached hydrogens (primary N) is 1. The van der Waals surface area contributed by atoms with Gasteiger partial charge in [-0.2, -0.15) is 13.2 Å². The molecule has 1 rings (SSSR count). The van der Waals surface area contributed by atoms with Gasteiger partial charge in [-0.15, -0.1) is 0 Å². The number of carbonyl (C=O) groups excluding carboxylic acids is 1. The number of benzene rings is 1. The topological polar surface area (TPSA) is 98.3 Å². The highest BCUT2D eigenvalue weighted by Crippen LogP contribution is 2.23. The van der Waals surface area contributed by atoms with Crippen LogP contribution < -0.4 is 11.1 Å². The molecule has 0 bridgehead atoms. The van der Waals surface area contributed by atoms with Crippen LogP contribution >= 0.6 is 0 Å². The summed E-state index contributed by atoms with van der Waals surface area (Å²) in [7, 11) is 0. The molecule has 0 aliphatic carbocycles. The van der Waals surface area contributed by atoms with E-state index in [0.717, 1.165) is 12.1 Å². The lowest BCUT2D eigenvalue weighted by molar-refractivity contribution is -0.383. The van der Waals surface area contributed by atoms with E-state index in [1.165, 1.54) is 6.07 Å². The van der Waals surface area contributed by atoms with E-state index in [9.17, 15) is 28.1 Å². The molecule has 116 valence electrons. The lowest BCUT2D eigenvalue weighted by Gasteiger charge is -2.07. The Kier molecular flexibility index (Phi) is 5.51. The second-order valence-corrected chi connectivity index (χ2v) is 4.36. The molecular weight excluding hydrogens is 291 g/mol. The maximum atomic E-state index is 11.9. The number of rotatable bonds is 6. The lowest BCUT2D eigenvalue weighted by atomic mass is 10.1. The Hall–Kier alpha value is -2.32. The van der Waals surface area contributed by atoms with Crippen LogP contribution in [0.5, 0.6) is 0 Å². The van der Waals surface area contributed by atoms with Crippen LogP contribution in [0, 0.1) is 10.1 Å². The number of hydrogen-bond donors (Lipinski definition) is 2. The van der Waals surface area contributed by atoms with Crippen molar-refractivity contribution in [2.45, 2.75) is 25.4 Å². The summed E-state index contributed by atoms with van der Waals surface area (Å²) in [5.74, 6) is -0.538. The van der Waals surface area contributed by atoms with Gasteiger partial charge >= 0.3 is 6.18 Å². The quantitative estimate of drug-likeness (QED) is 0.365. The van der Waals surface area contributed by atoms with E-state index in [2.05, 4.69) is 5.32 Å². The molecule has 0 radical (unpaired) electrons. The molecule has 3 N–H and O–H groups in total. The van der Waals surface area contributed by atoms with Crippen molar-refractivity contribution in [1.82, 2.24) is 5.32 Å². The molecule has 1 aromatic rings. The van der Waals surface area contributed by atoms with Gasteiger partial charge in [0.1, 0.15) is 5.69 Å². The van der Waals surface area contributed by atoms with E-state index < -0.39 is 23.4 Å². The Morgan fingerprint density at radius 2 is 2.00 bits per heavy atom. The summed E-state index contributed by atoms with van der Waals surface area (Å²) in [4.78, 5) is 21.6. The molecule has 1 amide bonds. The Morgan fingerprint density at radius 1 is 1.33 bits per heavy atom. The first-order valence-electron chi connectivity index (χ1n) is 6.09. The Morgan fingerprint density at radius 3 is 2.52 bits per heavy atom. The number of unbranched alkanes of at least 4 members (excludes halogenated alkanes) is 1. The first-order chi connectivity index (χ1) is 9.70. The van der Waals surface area contributed by atoms with Crippen LogP contribution in [0.15, 0.2) is 18.2 Å². The van der Waals surface area contributed by atoms with Gasteiger partial charge in [-0.05, 0) is 25.0 Å². The molecule has 21 heavy (non-hydrogen) atoms. The Labute approximate surface area is 118 Å². The summed E-state index contributed by atoms with van der Waals surface area (Å²) >= 11 is 0. The van der Waals surface area contributed by atoms with Gasteiger partial charge in [-0.1, -0.05) is 0 Å². The summed E-state index contributed by atoms with van der Waals surface area (Å²) in [5, 5.41) is 13.0. The molecule has 9 heteroatoms. The van der Waals surface area contributed by atoms with Crippen molar-refractivity contribution >= 4 is 17.3 Å². The minimum Gasteiger partial charge on any atom is -0.393 e. The molecule has 0 fully saturated rings. The van der Waals surface area contributed by atoms with E-state index in [1.54, 1.807) is 0 Å². The Balaban J connectivity index is 2.46. The van der Waals surface area contributed by atoms with Gasteiger partial charge in [-0.25, -0.2) is 0 Å². The maximum absolute atomic E-state index is 11.9. The van der Waals surface area contributed by atoms with Crippen LogP contribution in [0.4, 0.5) is 24.5 Å². The normalized spacial score (nSPS) is 11.2. The van der Waals surface area contributed by atoms with E-state index in [0.29, 0.717) is 0 Å². The zero-order valence-corrected chi connectivity index (χ0v) is 10.9. The molecule has 0 unspecified atom stereocenters. The van der Waals surface area contributed by atoms with Crippen molar-refractivity contribution in [2.75, 3.05) is 12.3 Å². The zero-order chi connectivity index (χ0) is 16.0. The number of nitrogens with one attached hydrogen (secondary N) is 1.